The van der Waals surface area contributed by atoms with Gasteiger partial charge in [0.05, 0.1) is 42.1 Å². The maximum atomic E-state index is 13.5. The van der Waals surface area contributed by atoms with Crippen LogP contribution < -0.4 is 9.47 Å². The van der Waals surface area contributed by atoms with E-state index in [0.29, 0.717) is 43.1 Å². The highest BCUT2D eigenvalue weighted by atomic mass is 16.6. The first kappa shape index (κ1) is 27.5. The molecule has 2 aromatic heterocycles. The van der Waals surface area contributed by atoms with Crippen LogP contribution >= 0.6 is 0 Å². The number of aliphatic hydroxyl groups is 1. The summed E-state index contributed by atoms with van der Waals surface area (Å²) >= 11 is 0. The minimum Gasteiger partial charge on any atom is -0.483 e. The Hall–Kier alpha value is -4.08. The Balaban J connectivity index is 1.16. The highest BCUT2D eigenvalue weighted by Gasteiger charge is 2.73. The molecule has 4 heterocycles. The Morgan fingerprint density at radius 3 is 2.50 bits per heavy atom. The number of carbonyl (C=O) groups excluding carboxylic acids is 2. The summed E-state index contributed by atoms with van der Waals surface area (Å²) < 4.78 is 23.0. The van der Waals surface area contributed by atoms with Crippen LogP contribution in [0, 0.1) is 5.92 Å². The summed E-state index contributed by atoms with van der Waals surface area (Å²) in [6.07, 6.45) is 17.1. The number of amides is 1. The number of nitrogens with zero attached hydrogens (tertiary/aromatic N) is 2. The van der Waals surface area contributed by atoms with Crippen molar-refractivity contribution in [2.24, 2.45) is 5.92 Å². The molecule has 8 rings (SSSR count). The highest BCUT2D eigenvalue weighted by Crippen LogP contribution is 2.66. The molecule has 2 bridgehead atoms. The first-order valence-corrected chi connectivity index (χ1v) is 15.6. The number of likely N-dealkylation sites (N-methyl/N-ethyl adjacent to an activating group) is 1. The number of esters is 1. The fourth-order valence-electron chi connectivity index (χ4n) is 8.42. The van der Waals surface area contributed by atoms with Crippen molar-refractivity contribution in [2.45, 2.75) is 67.7 Å². The Labute approximate surface area is 255 Å². The van der Waals surface area contributed by atoms with Crippen LogP contribution in [0.15, 0.2) is 70.3 Å². The minimum absolute atomic E-state index is 0.0318. The van der Waals surface area contributed by atoms with E-state index < -0.39 is 23.1 Å². The Kier molecular flexibility index (Phi) is 6.39. The fourth-order valence-corrected chi connectivity index (χ4v) is 8.42. The Morgan fingerprint density at radius 2 is 1.80 bits per heavy atom. The maximum absolute atomic E-state index is 13.5. The molecule has 2 aliphatic heterocycles. The average molecular weight is 597 g/mol. The van der Waals surface area contributed by atoms with Crippen LogP contribution in [0.2, 0.25) is 0 Å². The van der Waals surface area contributed by atoms with Gasteiger partial charge in [0.2, 0.25) is 5.91 Å². The van der Waals surface area contributed by atoms with Gasteiger partial charge in [-0.1, -0.05) is 6.07 Å². The van der Waals surface area contributed by atoms with E-state index in [-0.39, 0.29) is 18.0 Å². The molecular formula is C35H36N2O7. The molecule has 0 unspecified atom stereocenters. The zero-order chi connectivity index (χ0) is 30.1. The first-order chi connectivity index (χ1) is 21.4. The van der Waals surface area contributed by atoms with Gasteiger partial charge < -0.3 is 28.3 Å². The van der Waals surface area contributed by atoms with Crippen LogP contribution in [0.25, 0.3) is 12.2 Å². The van der Waals surface area contributed by atoms with Gasteiger partial charge >= 0.3 is 5.97 Å². The molecule has 1 amide bonds. The number of likely N-dealkylation sites (tertiary alicyclic amines) is 1. The lowest BCUT2D eigenvalue weighted by Crippen LogP contribution is -2.78. The molecule has 0 radical (unpaired) electrons. The van der Waals surface area contributed by atoms with Crippen molar-refractivity contribution in [3.63, 3.8) is 0 Å². The van der Waals surface area contributed by atoms with E-state index in [0.717, 1.165) is 35.3 Å². The third-order valence-electron chi connectivity index (χ3n) is 10.7. The molecule has 1 saturated heterocycles. The molecule has 228 valence electrons. The van der Waals surface area contributed by atoms with Gasteiger partial charge in [-0.2, -0.15) is 0 Å². The van der Waals surface area contributed by atoms with Crippen LogP contribution in [0.4, 0.5) is 0 Å². The van der Waals surface area contributed by atoms with Gasteiger partial charge in [0.15, 0.2) is 11.5 Å². The van der Waals surface area contributed by atoms with Gasteiger partial charge in [-0.25, -0.2) is 4.79 Å². The monoisotopic (exact) mass is 596 g/mol. The van der Waals surface area contributed by atoms with Crippen molar-refractivity contribution in [1.82, 2.24) is 9.80 Å². The van der Waals surface area contributed by atoms with Gasteiger partial charge in [-0.05, 0) is 86.9 Å². The van der Waals surface area contributed by atoms with E-state index in [9.17, 15) is 14.7 Å². The summed E-state index contributed by atoms with van der Waals surface area (Å²) in [6.45, 7) is 1.86. The molecule has 1 N–H and O–H groups in total. The van der Waals surface area contributed by atoms with Crippen LogP contribution in [-0.4, -0.2) is 70.7 Å². The number of ether oxygens (including phenoxy) is 2. The van der Waals surface area contributed by atoms with E-state index in [4.69, 9.17) is 18.3 Å². The lowest BCUT2D eigenvalue weighted by atomic mass is 9.48. The lowest BCUT2D eigenvalue weighted by molar-refractivity contribution is -0.200. The molecule has 1 aromatic carbocycles. The smallest absolute Gasteiger partial charge is 0.336 e. The van der Waals surface area contributed by atoms with E-state index in [1.807, 2.05) is 19.2 Å². The van der Waals surface area contributed by atoms with Crippen LogP contribution in [0.3, 0.4) is 0 Å². The number of piperidine rings is 1. The van der Waals surface area contributed by atoms with Crippen molar-refractivity contribution in [1.29, 1.82) is 0 Å². The molecule has 1 spiro atoms. The summed E-state index contributed by atoms with van der Waals surface area (Å²) in [6, 6.07) is 7.09. The largest absolute Gasteiger partial charge is 0.483 e. The van der Waals surface area contributed by atoms with Gasteiger partial charge in [0, 0.05) is 48.5 Å². The number of furan rings is 2. The zero-order valence-electron chi connectivity index (χ0n) is 24.7. The third-order valence-corrected chi connectivity index (χ3v) is 10.7. The van der Waals surface area contributed by atoms with Gasteiger partial charge in [0.1, 0.15) is 6.10 Å². The number of rotatable bonds is 8. The summed E-state index contributed by atoms with van der Waals surface area (Å²) in [5.41, 5.74) is 1.90. The van der Waals surface area contributed by atoms with Crippen LogP contribution in [-0.2, 0) is 21.4 Å². The quantitative estimate of drug-likeness (QED) is 0.229. The molecule has 2 saturated carbocycles. The summed E-state index contributed by atoms with van der Waals surface area (Å²) in [7, 11) is 1.81. The molecule has 9 heteroatoms. The molecule has 5 atom stereocenters. The highest BCUT2D eigenvalue weighted by molar-refractivity contribution is 5.92. The SMILES string of the molecule is CN(C(=O)/C=C/c1ccoc1)[C@@H]1CC[C@@]2(O)[C@H]3Cc4ccc(OC(=O)/C=C/c5ccoc5)c5c4[C@@]2(CCN3CC2CC2)[C@H]1O5. The number of benzene rings is 1. The Bertz CT molecular complexity index is 1640. The van der Waals surface area contributed by atoms with E-state index in [2.05, 4.69) is 4.90 Å². The second kappa shape index (κ2) is 10.2. The van der Waals surface area contributed by atoms with E-state index in [1.165, 1.54) is 18.9 Å². The topological polar surface area (TPSA) is 106 Å². The molecule has 3 fully saturated rings. The standard InChI is InChI=1S/C35H36N2O7/c1-36(29(38)8-4-23-11-16-41-20-23)26-10-13-35(40)28-18-25-6-7-27(43-30(39)9-5-24-12-17-42-21-24)32-31(25)34(35,33(26)44-32)14-15-37(28)19-22-2-3-22/h4-9,11-12,16-17,20-22,26,28,33,40H,2-3,10,13-15,18-19H2,1H3/b8-4+,9-5+/t26-,28-,33+,34+,35-/m1/s1. The minimum atomic E-state index is -1.03. The van der Waals surface area contributed by atoms with Crippen molar-refractivity contribution < 1.29 is 33.0 Å². The second-order valence-corrected chi connectivity index (χ2v) is 13.0. The summed E-state index contributed by atoms with van der Waals surface area (Å²) in [5, 5.41) is 12.9. The van der Waals surface area contributed by atoms with Crippen molar-refractivity contribution in [2.75, 3.05) is 20.1 Å². The molecule has 5 aliphatic rings. The zero-order valence-corrected chi connectivity index (χ0v) is 24.7. The van der Waals surface area contributed by atoms with Crippen molar-refractivity contribution >= 4 is 24.0 Å². The van der Waals surface area contributed by atoms with E-state index in [1.54, 1.807) is 60.3 Å². The molecular weight excluding hydrogens is 560 g/mol. The number of carbonyl (C=O) groups is 2. The third kappa shape index (κ3) is 4.20. The van der Waals surface area contributed by atoms with Crippen LogP contribution in [0.1, 0.15) is 54.4 Å². The van der Waals surface area contributed by atoms with Gasteiger partial charge in [-0.15, -0.1) is 0 Å². The van der Waals surface area contributed by atoms with Gasteiger partial charge in [0.25, 0.3) is 0 Å². The number of hydrogen-bond acceptors (Lipinski definition) is 8. The average Bonchev–Trinajstić information content (AvgIpc) is 3.38. The normalized spacial score (nSPS) is 30.4. The van der Waals surface area contributed by atoms with E-state index >= 15 is 0 Å². The molecule has 3 aromatic rings. The number of hydrogen-bond donors (Lipinski definition) is 1. The molecule has 3 aliphatic carbocycles. The van der Waals surface area contributed by atoms with Crippen molar-refractivity contribution in [3.8, 4) is 11.5 Å². The molecule has 9 nitrogen and oxygen atoms in total. The predicted molar refractivity (Wildman–Crippen MR) is 161 cm³/mol. The summed E-state index contributed by atoms with van der Waals surface area (Å²) in [4.78, 5) is 30.7. The Morgan fingerprint density at radius 1 is 1.05 bits per heavy atom. The maximum Gasteiger partial charge on any atom is 0.336 e. The van der Waals surface area contributed by atoms with Crippen molar-refractivity contribution in [3.05, 3.63) is 83.7 Å². The van der Waals surface area contributed by atoms with Crippen LogP contribution in [0.5, 0.6) is 11.5 Å². The fraction of sp³-hybridized carbons (Fsp3) is 0.429. The predicted octanol–water partition coefficient (Wildman–Crippen LogP) is 4.60. The first-order valence-electron chi connectivity index (χ1n) is 15.6. The summed E-state index contributed by atoms with van der Waals surface area (Å²) in [5.74, 6) is 0.886. The lowest BCUT2D eigenvalue weighted by Gasteiger charge is -2.64. The van der Waals surface area contributed by atoms with Gasteiger partial charge in [-0.3, -0.25) is 9.69 Å². The second-order valence-electron chi connectivity index (χ2n) is 13.0. The molecule has 44 heavy (non-hydrogen) atoms.